The topological polar surface area (TPSA) is 129 Å². The summed E-state index contributed by atoms with van der Waals surface area (Å²) in [4.78, 5) is 22.9. The van der Waals surface area contributed by atoms with Crippen LogP contribution in [0.5, 0.6) is 11.5 Å². The van der Waals surface area contributed by atoms with Crippen molar-refractivity contribution in [3.8, 4) is 28.7 Å². The molecule has 1 aromatic heterocycles. The van der Waals surface area contributed by atoms with Crippen molar-refractivity contribution in [1.29, 1.82) is 5.26 Å². The zero-order valence-electron chi connectivity index (χ0n) is 20.3. The second-order valence-corrected chi connectivity index (χ2v) is 8.90. The lowest BCUT2D eigenvalue weighted by atomic mass is 9.86. The molecule has 2 aromatic carbocycles. The Morgan fingerprint density at radius 1 is 1.11 bits per heavy atom. The number of benzene rings is 2. The molecule has 3 aromatic rings. The van der Waals surface area contributed by atoms with Gasteiger partial charge in [-0.05, 0) is 62.8 Å². The number of nitrogens with two attached hydrogens (primary N) is 1. The minimum atomic E-state index is -0.340. The van der Waals surface area contributed by atoms with E-state index in [1.165, 1.54) is 6.33 Å². The molecule has 1 aliphatic rings. The quantitative estimate of drug-likeness (QED) is 0.311. The van der Waals surface area contributed by atoms with Crippen molar-refractivity contribution in [1.82, 2.24) is 20.2 Å². The van der Waals surface area contributed by atoms with E-state index in [1.807, 2.05) is 79.7 Å². The highest BCUT2D eigenvalue weighted by atomic mass is 16.5. The van der Waals surface area contributed by atoms with E-state index < -0.39 is 0 Å². The summed E-state index contributed by atoms with van der Waals surface area (Å²) in [5.41, 5.74) is 7.94. The highest BCUT2D eigenvalue weighted by Gasteiger charge is 2.32. The smallest absolute Gasteiger partial charge is 0.261 e. The van der Waals surface area contributed by atoms with Gasteiger partial charge in [-0.25, -0.2) is 9.97 Å². The van der Waals surface area contributed by atoms with Gasteiger partial charge in [0.15, 0.2) is 0 Å². The number of carbonyl (C=O) groups excluding carboxylic acids is 1. The standard InChI is InChI=1S/C27H29N7O2/c1-34(2)13-12-19(16-28)27(35)33-21-14-20(15-21)32-26-24(25(29)30-17-31-26)18-8-10-23(11-9-18)36-22-6-4-3-5-7-22/h3-12,17,20-21H,13-15H2,1-2H3,(H,33,35)(H3,29,30,31,32). The molecule has 1 fully saturated rings. The van der Waals surface area contributed by atoms with Crippen molar-refractivity contribution in [3.63, 3.8) is 0 Å². The maximum atomic E-state index is 12.4. The van der Waals surface area contributed by atoms with Crippen LogP contribution >= 0.6 is 0 Å². The number of aromatic nitrogens is 2. The number of nitriles is 1. The molecule has 9 nitrogen and oxygen atoms in total. The van der Waals surface area contributed by atoms with Gasteiger partial charge in [-0.1, -0.05) is 30.3 Å². The average molecular weight is 484 g/mol. The number of hydrogen-bond donors (Lipinski definition) is 3. The summed E-state index contributed by atoms with van der Waals surface area (Å²) in [5, 5.41) is 15.6. The molecule has 1 saturated carbocycles. The molecule has 36 heavy (non-hydrogen) atoms. The molecule has 0 unspecified atom stereocenters. The molecule has 1 heterocycles. The van der Waals surface area contributed by atoms with Crippen LogP contribution in [-0.4, -0.2) is 53.5 Å². The number of anilines is 2. The molecule has 0 spiro atoms. The SMILES string of the molecule is CN(C)CC=C(C#N)C(=O)NC1CC(Nc2ncnc(N)c2-c2ccc(Oc3ccccc3)cc2)C1. The first-order chi connectivity index (χ1) is 17.4. The number of carbonyl (C=O) groups is 1. The highest BCUT2D eigenvalue weighted by molar-refractivity contribution is 5.97. The number of para-hydroxylation sites is 1. The average Bonchev–Trinajstić information content (AvgIpc) is 2.84. The van der Waals surface area contributed by atoms with Gasteiger partial charge in [-0.3, -0.25) is 4.79 Å². The lowest BCUT2D eigenvalue weighted by Crippen LogP contribution is -2.50. The molecule has 1 amide bonds. The van der Waals surface area contributed by atoms with Crippen LogP contribution in [0.15, 0.2) is 72.6 Å². The van der Waals surface area contributed by atoms with E-state index in [4.69, 9.17) is 10.5 Å². The number of rotatable bonds is 9. The number of hydrogen-bond acceptors (Lipinski definition) is 8. The van der Waals surface area contributed by atoms with Crippen molar-refractivity contribution in [3.05, 3.63) is 72.6 Å². The predicted octanol–water partition coefficient (Wildman–Crippen LogP) is 3.59. The fourth-order valence-corrected chi connectivity index (χ4v) is 3.88. The third-order valence-electron chi connectivity index (χ3n) is 5.84. The summed E-state index contributed by atoms with van der Waals surface area (Å²) in [6.45, 7) is 0.530. The van der Waals surface area contributed by atoms with Crippen LogP contribution in [0.3, 0.4) is 0 Å². The fraction of sp³-hybridized carbons (Fsp3) is 0.259. The molecular weight excluding hydrogens is 454 g/mol. The molecule has 184 valence electrons. The summed E-state index contributed by atoms with van der Waals surface area (Å²) >= 11 is 0. The normalized spacial score (nSPS) is 17.1. The van der Waals surface area contributed by atoms with E-state index >= 15 is 0 Å². The number of nitrogen functional groups attached to an aromatic ring is 1. The van der Waals surface area contributed by atoms with Crippen LogP contribution in [0.1, 0.15) is 12.8 Å². The molecule has 1 aliphatic carbocycles. The Morgan fingerprint density at radius 3 is 2.47 bits per heavy atom. The van der Waals surface area contributed by atoms with Gasteiger partial charge in [0, 0.05) is 18.6 Å². The number of likely N-dealkylation sites (N-methyl/N-ethyl adjacent to an activating group) is 1. The van der Waals surface area contributed by atoms with Gasteiger partial charge in [0.2, 0.25) is 0 Å². The summed E-state index contributed by atoms with van der Waals surface area (Å²) in [6.07, 6.45) is 4.49. The molecule has 4 rings (SSSR count). The Labute approximate surface area is 210 Å². The molecule has 0 saturated heterocycles. The molecule has 0 radical (unpaired) electrons. The van der Waals surface area contributed by atoms with E-state index in [0.717, 1.165) is 16.9 Å². The van der Waals surface area contributed by atoms with Crippen molar-refractivity contribution in [2.45, 2.75) is 24.9 Å². The van der Waals surface area contributed by atoms with Gasteiger partial charge in [-0.15, -0.1) is 0 Å². The van der Waals surface area contributed by atoms with Gasteiger partial charge in [-0.2, -0.15) is 5.26 Å². The van der Waals surface area contributed by atoms with Crippen LogP contribution in [-0.2, 0) is 4.79 Å². The Kier molecular flexibility index (Phi) is 7.78. The van der Waals surface area contributed by atoms with Crippen molar-refractivity contribution < 1.29 is 9.53 Å². The zero-order valence-corrected chi connectivity index (χ0v) is 20.3. The van der Waals surface area contributed by atoms with Crippen LogP contribution in [0.25, 0.3) is 11.1 Å². The summed E-state index contributed by atoms with van der Waals surface area (Å²) in [7, 11) is 3.76. The third-order valence-corrected chi connectivity index (χ3v) is 5.84. The molecule has 0 atom stereocenters. The van der Waals surface area contributed by atoms with Crippen LogP contribution in [0.2, 0.25) is 0 Å². The lowest BCUT2D eigenvalue weighted by molar-refractivity contribution is -0.118. The van der Waals surface area contributed by atoms with E-state index in [0.29, 0.717) is 36.8 Å². The Morgan fingerprint density at radius 2 is 1.81 bits per heavy atom. The van der Waals surface area contributed by atoms with Gasteiger partial charge in [0.05, 0.1) is 5.56 Å². The monoisotopic (exact) mass is 483 g/mol. The van der Waals surface area contributed by atoms with Gasteiger partial charge in [0.25, 0.3) is 5.91 Å². The first kappa shape index (κ1) is 24.7. The maximum absolute atomic E-state index is 12.4. The second-order valence-electron chi connectivity index (χ2n) is 8.90. The van der Waals surface area contributed by atoms with Gasteiger partial charge < -0.3 is 26.0 Å². The summed E-state index contributed by atoms with van der Waals surface area (Å²) in [6, 6.07) is 19.3. The molecule has 4 N–H and O–H groups in total. The molecule has 9 heteroatoms. The van der Waals surface area contributed by atoms with Gasteiger partial charge >= 0.3 is 0 Å². The number of amides is 1. The summed E-state index contributed by atoms with van der Waals surface area (Å²) in [5.74, 6) is 2.14. The fourth-order valence-electron chi connectivity index (χ4n) is 3.88. The second kappa shape index (κ2) is 11.3. The van der Waals surface area contributed by atoms with Crippen molar-refractivity contribution in [2.24, 2.45) is 0 Å². The highest BCUT2D eigenvalue weighted by Crippen LogP contribution is 2.34. The molecule has 0 aliphatic heterocycles. The predicted molar refractivity (Wildman–Crippen MR) is 139 cm³/mol. The first-order valence-corrected chi connectivity index (χ1v) is 11.7. The van der Waals surface area contributed by atoms with Crippen LogP contribution in [0, 0.1) is 11.3 Å². The van der Waals surface area contributed by atoms with Gasteiger partial charge in [0.1, 0.15) is 41.1 Å². The Balaban J connectivity index is 1.38. The Bertz CT molecular complexity index is 1260. The zero-order chi connectivity index (χ0) is 25.5. The Hall–Kier alpha value is -4.42. The minimum absolute atomic E-state index is 0.0110. The van der Waals surface area contributed by atoms with Crippen molar-refractivity contribution in [2.75, 3.05) is 31.7 Å². The van der Waals surface area contributed by atoms with E-state index in [-0.39, 0.29) is 23.6 Å². The molecule has 0 bridgehead atoms. The van der Waals surface area contributed by atoms with E-state index in [2.05, 4.69) is 20.6 Å². The maximum Gasteiger partial charge on any atom is 0.261 e. The summed E-state index contributed by atoms with van der Waals surface area (Å²) < 4.78 is 5.88. The van der Waals surface area contributed by atoms with E-state index in [9.17, 15) is 10.1 Å². The van der Waals surface area contributed by atoms with Crippen molar-refractivity contribution >= 4 is 17.5 Å². The number of nitrogens with zero attached hydrogens (tertiary/aromatic N) is 4. The van der Waals surface area contributed by atoms with Crippen LogP contribution < -0.4 is 21.1 Å². The largest absolute Gasteiger partial charge is 0.457 e. The third kappa shape index (κ3) is 6.17. The van der Waals surface area contributed by atoms with Crippen LogP contribution in [0.4, 0.5) is 11.6 Å². The number of ether oxygens (including phenoxy) is 1. The molecular formula is C27H29N7O2. The first-order valence-electron chi connectivity index (χ1n) is 11.7. The lowest BCUT2D eigenvalue weighted by Gasteiger charge is -2.37. The van der Waals surface area contributed by atoms with E-state index in [1.54, 1.807) is 6.08 Å². The minimum Gasteiger partial charge on any atom is -0.457 e. The number of nitrogens with one attached hydrogen (secondary N) is 2.